The van der Waals surface area contributed by atoms with E-state index in [9.17, 15) is 17.6 Å². The minimum absolute atomic E-state index is 0.0349. The minimum atomic E-state index is -3.26. The number of carbonyl (C=O) groups is 1. The Labute approximate surface area is 255 Å². The Bertz CT molecular complexity index is 1600. The Kier molecular flexibility index (Phi) is 9.35. The number of piperidine rings is 1. The van der Waals surface area contributed by atoms with Gasteiger partial charge in [0.15, 0.2) is 15.7 Å². The zero-order chi connectivity index (χ0) is 30.7. The summed E-state index contributed by atoms with van der Waals surface area (Å²) in [4.78, 5) is 24.0. The number of nitrogens with one attached hydrogen (secondary N) is 4. The number of hydrogen-bond donors (Lipinski definition) is 4. The van der Waals surface area contributed by atoms with Gasteiger partial charge >= 0.3 is 0 Å². The van der Waals surface area contributed by atoms with Gasteiger partial charge in [-0.2, -0.15) is 4.98 Å². The summed E-state index contributed by atoms with van der Waals surface area (Å²) in [5.41, 5.74) is 2.25. The molecule has 2 aliphatic rings. The molecule has 1 aliphatic carbocycles. The molecule has 1 saturated heterocycles. The van der Waals surface area contributed by atoms with E-state index in [1.807, 2.05) is 31.3 Å². The van der Waals surface area contributed by atoms with Gasteiger partial charge in [0, 0.05) is 18.4 Å². The lowest BCUT2D eigenvalue weighted by molar-refractivity contribution is 0.0912. The summed E-state index contributed by atoms with van der Waals surface area (Å²) in [5, 5.41) is 12.7. The van der Waals surface area contributed by atoms with Crippen molar-refractivity contribution < 1.29 is 22.3 Å². The number of benzene rings is 2. The fourth-order valence-corrected chi connectivity index (χ4v) is 6.09. The third kappa shape index (κ3) is 7.53. The molecule has 0 spiro atoms. The van der Waals surface area contributed by atoms with Crippen LogP contribution < -0.4 is 26.0 Å². The summed E-state index contributed by atoms with van der Waals surface area (Å²) in [6.07, 6.45) is 4.79. The van der Waals surface area contributed by atoms with E-state index in [2.05, 4.69) is 36.1 Å². The molecule has 5 rings (SSSR count). The first-order chi connectivity index (χ1) is 20.5. The van der Waals surface area contributed by atoms with E-state index < -0.39 is 21.6 Å². The molecule has 3 aromatic rings. The summed E-state index contributed by atoms with van der Waals surface area (Å²) in [5.74, 6) is -0.782. The van der Waals surface area contributed by atoms with Gasteiger partial charge < -0.3 is 25.6 Å². The molecule has 1 aromatic heterocycles. The van der Waals surface area contributed by atoms with E-state index in [4.69, 9.17) is 16.3 Å². The van der Waals surface area contributed by atoms with Crippen molar-refractivity contribution in [3.8, 4) is 5.75 Å². The van der Waals surface area contributed by atoms with Crippen molar-refractivity contribution in [3.63, 3.8) is 0 Å². The number of carbonyl (C=O) groups excluding carboxylic acids is 1. The number of methoxy groups -OCH3 is 1. The molecule has 0 unspecified atom stereocenters. The van der Waals surface area contributed by atoms with Crippen LogP contribution in [0, 0.1) is 5.82 Å². The van der Waals surface area contributed by atoms with Crippen LogP contribution in [-0.2, 0) is 16.3 Å². The molecule has 4 N–H and O–H groups in total. The summed E-state index contributed by atoms with van der Waals surface area (Å²) in [7, 11) is 0.166. The quantitative estimate of drug-likeness (QED) is 0.263. The Morgan fingerprint density at radius 2 is 1.95 bits per heavy atom. The van der Waals surface area contributed by atoms with Crippen LogP contribution in [0.3, 0.4) is 0 Å². The average Bonchev–Trinajstić information content (AvgIpc) is 3.32. The summed E-state index contributed by atoms with van der Waals surface area (Å²) < 4.78 is 44.1. The second-order valence-corrected chi connectivity index (χ2v) is 13.6. The Balaban J connectivity index is 1.36. The van der Waals surface area contributed by atoms with Crippen LogP contribution in [0.15, 0.2) is 42.6 Å². The van der Waals surface area contributed by atoms with Crippen molar-refractivity contribution >= 4 is 44.8 Å². The average molecular weight is 632 g/mol. The van der Waals surface area contributed by atoms with Crippen LogP contribution in [0.2, 0.25) is 5.02 Å². The van der Waals surface area contributed by atoms with Gasteiger partial charge in [-0.25, -0.2) is 17.8 Å². The van der Waals surface area contributed by atoms with Crippen molar-refractivity contribution in [2.24, 2.45) is 0 Å². The first-order valence-electron chi connectivity index (χ1n) is 13.9. The third-order valence-corrected chi connectivity index (χ3v) is 8.67. The number of nitrogens with zero attached hydrogens (tertiary/aromatic N) is 3. The van der Waals surface area contributed by atoms with Crippen LogP contribution in [0.1, 0.15) is 40.4 Å². The van der Waals surface area contributed by atoms with Crippen LogP contribution in [-0.4, -0.2) is 80.7 Å². The molecule has 2 aromatic carbocycles. The van der Waals surface area contributed by atoms with E-state index in [-0.39, 0.29) is 46.3 Å². The fraction of sp³-hybridized carbons (Fsp3) is 0.414. The van der Waals surface area contributed by atoms with Gasteiger partial charge in [0.25, 0.3) is 5.91 Å². The molecule has 1 fully saturated rings. The van der Waals surface area contributed by atoms with Gasteiger partial charge in [-0.1, -0.05) is 35.9 Å². The topological polar surface area (TPSA) is 138 Å². The monoisotopic (exact) mass is 631 g/mol. The van der Waals surface area contributed by atoms with Gasteiger partial charge in [0.1, 0.15) is 16.6 Å². The molecule has 0 saturated carbocycles. The highest BCUT2D eigenvalue weighted by Gasteiger charge is 2.33. The Hall–Kier alpha value is -3.52. The van der Waals surface area contributed by atoms with Crippen molar-refractivity contribution in [1.82, 2.24) is 25.5 Å². The number of rotatable bonds is 10. The van der Waals surface area contributed by atoms with E-state index >= 15 is 0 Å². The molecule has 14 heteroatoms. The first-order valence-corrected chi connectivity index (χ1v) is 16.4. The molecule has 0 radical (unpaired) electrons. The molecular weight excluding hydrogens is 597 g/mol. The molecule has 2 atom stereocenters. The number of aromatic nitrogens is 2. The van der Waals surface area contributed by atoms with Crippen LogP contribution >= 0.6 is 11.6 Å². The van der Waals surface area contributed by atoms with Gasteiger partial charge in [-0.15, -0.1) is 0 Å². The summed E-state index contributed by atoms with van der Waals surface area (Å²) >= 11 is 6.47. The molecule has 1 amide bonds. The molecule has 0 bridgehead atoms. The zero-order valence-electron chi connectivity index (χ0n) is 24.2. The van der Waals surface area contributed by atoms with Crippen molar-refractivity contribution in [2.75, 3.05) is 50.0 Å². The largest absolute Gasteiger partial charge is 0.494 e. The van der Waals surface area contributed by atoms with Gasteiger partial charge in [0.2, 0.25) is 5.95 Å². The number of anilines is 3. The maximum absolute atomic E-state index is 15.0. The normalized spacial score (nSPS) is 19.1. The van der Waals surface area contributed by atoms with Crippen LogP contribution in [0.4, 0.5) is 21.8 Å². The van der Waals surface area contributed by atoms with E-state index in [0.29, 0.717) is 17.9 Å². The van der Waals surface area contributed by atoms with E-state index in [1.54, 1.807) is 0 Å². The number of amides is 1. The second-order valence-electron chi connectivity index (χ2n) is 11.0. The van der Waals surface area contributed by atoms with Crippen molar-refractivity contribution in [3.05, 3.63) is 70.1 Å². The number of sulfone groups is 1. The maximum atomic E-state index is 15.0. The number of ether oxygens (including phenoxy) is 1. The first kappa shape index (κ1) is 30.9. The molecule has 230 valence electrons. The maximum Gasteiger partial charge on any atom is 0.254 e. The van der Waals surface area contributed by atoms with Crippen molar-refractivity contribution in [2.45, 2.75) is 37.4 Å². The standard InChI is InChI=1S/C29H35ClFN7O4S/c1-38-10-8-18(9-11-38)34-28(39)20-13-23(25(42-2)14-22(20)31)36-29-32-15-21(30)27(37-29)35-24-12-17-6-4-5-7-19(17)26(24)33-16-43(3,40)41/h4-7,13-15,18,24,26,33H,8-12,16H2,1-3H3,(H,34,39)(H2,32,35,36,37)/t24-,26-/m1/s1. The summed E-state index contributed by atoms with van der Waals surface area (Å²) in [6, 6.07) is 9.74. The number of halogens is 2. The highest BCUT2D eigenvalue weighted by molar-refractivity contribution is 7.90. The third-order valence-electron chi connectivity index (χ3n) is 7.70. The van der Waals surface area contributed by atoms with Crippen LogP contribution in [0.25, 0.3) is 0 Å². The number of hydrogen-bond acceptors (Lipinski definition) is 10. The molecule has 2 heterocycles. The predicted molar refractivity (Wildman–Crippen MR) is 164 cm³/mol. The molecule has 11 nitrogen and oxygen atoms in total. The van der Waals surface area contributed by atoms with E-state index in [0.717, 1.165) is 43.1 Å². The summed E-state index contributed by atoms with van der Waals surface area (Å²) in [6.45, 7) is 1.71. The smallest absolute Gasteiger partial charge is 0.254 e. The SMILES string of the molecule is COc1cc(F)c(C(=O)NC2CCN(C)CC2)cc1Nc1ncc(Cl)c(N[C@@H]2Cc3ccccc3[C@H]2NCS(C)(=O)=O)n1. The van der Waals surface area contributed by atoms with Crippen molar-refractivity contribution in [1.29, 1.82) is 0 Å². The fourth-order valence-electron chi connectivity index (χ4n) is 5.46. The second kappa shape index (κ2) is 13.0. The predicted octanol–water partition coefficient (Wildman–Crippen LogP) is 3.51. The van der Waals surface area contributed by atoms with Gasteiger partial charge in [0.05, 0.1) is 42.5 Å². The highest BCUT2D eigenvalue weighted by Crippen LogP contribution is 2.35. The Morgan fingerprint density at radius 1 is 1.21 bits per heavy atom. The Morgan fingerprint density at radius 3 is 2.67 bits per heavy atom. The van der Waals surface area contributed by atoms with Gasteiger partial charge in [-0.3, -0.25) is 10.1 Å². The number of likely N-dealkylation sites (tertiary alicyclic amines) is 1. The lowest BCUT2D eigenvalue weighted by Gasteiger charge is -2.29. The van der Waals surface area contributed by atoms with E-state index in [1.165, 1.54) is 25.6 Å². The molecule has 43 heavy (non-hydrogen) atoms. The molecular formula is C29H35ClFN7O4S. The lowest BCUT2D eigenvalue weighted by Crippen LogP contribution is -2.43. The zero-order valence-corrected chi connectivity index (χ0v) is 25.7. The van der Waals surface area contributed by atoms with Gasteiger partial charge in [-0.05, 0) is 56.6 Å². The lowest BCUT2D eigenvalue weighted by atomic mass is 10.0. The number of fused-ring (bicyclic) bond motifs is 1. The highest BCUT2D eigenvalue weighted by atomic mass is 35.5. The minimum Gasteiger partial charge on any atom is -0.494 e. The van der Waals surface area contributed by atoms with Crippen LogP contribution in [0.5, 0.6) is 5.75 Å². The molecule has 1 aliphatic heterocycles.